The number of aliphatic hydroxyl groups is 1. The van der Waals surface area contributed by atoms with Crippen molar-refractivity contribution in [2.75, 3.05) is 6.61 Å². The van der Waals surface area contributed by atoms with Gasteiger partial charge in [0.05, 0.1) is 0 Å². The Morgan fingerprint density at radius 3 is 2.44 bits per heavy atom. The Morgan fingerprint density at radius 2 is 2.11 bits per heavy atom. The van der Waals surface area contributed by atoms with Gasteiger partial charge in [0.15, 0.2) is 0 Å². The molecule has 1 nitrogen and oxygen atoms in total. The lowest BCUT2D eigenvalue weighted by Crippen LogP contribution is -2.13. The van der Waals surface area contributed by atoms with Crippen LogP contribution < -0.4 is 0 Å². The van der Waals surface area contributed by atoms with Crippen LogP contribution >= 0.6 is 0 Å². The third kappa shape index (κ3) is 0.787. The van der Waals surface area contributed by atoms with Crippen LogP contribution in [-0.4, -0.2) is 11.7 Å². The standard InChI is InChI=1S/C8H14O/c9-5-8-4-6-1-2-7(8)3-6/h6-9H,1-5H2/t6-,7-,8?/m0/s1. The molecule has 52 valence electrons. The molecule has 1 N–H and O–H groups in total. The molecular weight excluding hydrogens is 112 g/mol. The lowest BCUT2D eigenvalue weighted by molar-refractivity contribution is 0.177. The molecule has 2 aliphatic carbocycles. The van der Waals surface area contributed by atoms with Crippen molar-refractivity contribution in [1.29, 1.82) is 0 Å². The van der Waals surface area contributed by atoms with Gasteiger partial charge >= 0.3 is 0 Å². The van der Waals surface area contributed by atoms with E-state index in [2.05, 4.69) is 0 Å². The highest BCUT2D eigenvalue weighted by Gasteiger charge is 2.38. The zero-order valence-corrected chi connectivity index (χ0v) is 5.71. The van der Waals surface area contributed by atoms with Crippen LogP contribution in [0.3, 0.4) is 0 Å². The fraction of sp³-hybridized carbons (Fsp3) is 1.00. The Labute approximate surface area is 56.1 Å². The Morgan fingerprint density at radius 1 is 1.22 bits per heavy atom. The summed E-state index contributed by atoms with van der Waals surface area (Å²) in [6, 6.07) is 0. The topological polar surface area (TPSA) is 20.2 Å². The molecule has 2 fully saturated rings. The highest BCUT2D eigenvalue weighted by molar-refractivity contribution is 4.89. The molecule has 2 saturated carbocycles. The first-order valence-electron chi connectivity index (χ1n) is 4.01. The highest BCUT2D eigenvalue weighted by Crippen LogP contribution is 2.47. The average Bonchev–Trinajstić information content (AvgIpc) is 2.45. The summed E-state index contributed by atoms with van der Waals surface area (Å²) >= 11 is 0. The van der Waals surface area contributed by atoms with Crippen molar-refractivity contribution in [2.24, 2.45) is 17.8 Å². The summed E-state index contributed by atoms with van der Waals surface area (Å²) in [6.07, 6.45) is 5.59. The van der Waals surface area contributed by atoms with Gasteiger partial charge < -0.3 is 5.11 Å². The fourth-order valence-corrected chi connectivity index (χ4v) is 2.60. The Bertz CT molecular complexity index is 111. The molecule has 0 aliphatic heterocycles. The summed E-state index contributed by atoms with van der Waals surface area (Å²) in [5, 5.41) is 8.89. The molecule has 0 saturated heterocycles. The Hall–Kier alpha value is -0.0400. The van der Waals surface area contributed by atoms with E-state index in [0.717, 1.165) is 11.8 Å². The number of aliphatic hydroxyl groups excluding tert-OH is 1. The number of rotatable bonds is 1. The van der Waals surface area contributed by atoms with Gasteiger partial charge in [-0.25, -0.2) is 0 Å². The van der Waals surface area contributed by atoms with Crippen molar-refractivity contribution in [3.63, 3.8) is 0 Å². The second kappa shape index (κ2) is 1.98. The summed E-state index contributed by atoms with van der Waals surface area (Å²) < 4.78 is 0. The molecule has 0 aromatic rings. The van der Waals surface area contributed by atoms with Gasteiger partial charge in [-0.2, -0.15) is 0 Å². The molecule has 0 aromatic carbocycles. The van der Waals surface area contributed by atoms with Gasteiger partial charge in [-0.05, 0) is 37.0 Å². The van der Waals surface area contributed by atoms with E-state index in [1.807, 2.05) is 0 Å². The van der Waals surface area contributed by atoms with Crippen LogP contribution in [0.1, 0.15) is 25.7 Å². The maximum Gasteiger partial charge on any atom is 0.0462 e. The van der Waals surface area contributed by atoms with E-state index in [0.29, 0.717) is 12.5 Å². The van der Waals surface area contributed by atoms with Gasteiger partial charge in [-0.15, -0.1) is 0 Å². The molecule has 2 aliphatic rings. The molecule has 3 atom stereocenters. The minimum absolute atomic E-state index is 0.446. The first kappa shape index (κ1) is 5.72. The van der Waals surface area contributed by atoms with Gasteiger partial charge in [0.1, 0.15) is 0 Å². The van der Waals surface area contributed by atoms with Gasteiger partial charge in [-0.3, -0.25) is 0 Å². The molecular formula is C8H14O. The second-order valence-corrected chi connectivity index (χ2v) is 3.62. The van der Waals surface area contributed by atoms with E-state index in [-0.39, 0.29) is 0 Å². The molecule has 0 spiro atoms. The molecule has 0 radical (unpaired) electrons. The van der Waals surface area contributed by atoms with Crippen molar-refractivity contribution in [1.82, 2.24) is 0 Å². The minimum atomic E-state index is 0.446. The summed E-state index contributed by atoms with van der Waals surface area (Å²) in [4.78, 5) is 0. The largest absolute Gasteiger partial charge is 0.396 e. The molecule has 0 amide bonds. The summed E-state index contributed by atoms with van der Waals surface area (Å²) in [6.45, 7) is 0.446. The van der Waals surface area contributed by atoms with Gasteiger partial charge in [0, 0.05) is 6.61 Å². The molecule has 2 rings (SSSR count). The zero-order valence-electron chi connectivity index (χ0n) is 5.71. The van der Waals surface area contributed by atoms with Gasteiger partial charge in [-0.1, -0.05) is 6.42 Å². The number of fused-ring (bicyclic) bond motifs is 2. The third-order valence-corrected chi connectivity index (χ3v) is 3.12. The fourth-order valence-electron chi connectivity index (χ4n) is 2.60. The van der Waals surface area contributed by atoms with E-state index < -0.39 is 0 Å². The summed E-state index contributed by atoms with van der Waals surface area (Å²) in [5.74, 6) is 2.58. The van der Waals surface area contributed by atoms with Crippen LogP contribution in [0.4, 0.5) is 0 Å². The number of hydrogen-bond donors (Lipinski definition) is 1. The molecule has 2 bridgehead atoms. The lowest BCUT2D eigenvalue weighted by Gasteiger charge is -2.18. The highest BCUT2D eigenvalue weighted by atomic mass is 16.3. The Balaban J connectivity index is 2.01. The van der Waals surface area contributed by atoms with Crippen molar-refractivity contribution in [2.45, 2.75) is 25.7 Å². The molecule has 1 unspecified atom stereocenters. The van der Waals surface area contributed by atoms with Crippen LogP contribution in [0.2, 0.25) is 0 Å². The van der Waals surface area contributed by atoms with E-state index in [1.165, 1.54) is 25.7 Å². The average molecular weight is 126 g/mol. The van der Waals surface area contributed by atoms with Crippen LogP contribution in [0.15, 0.2) is 0 Å². The summed E-state index contributed by atoms with van der Waals surface area (Å²) in [5.41, 5.74) is 0. The SMILES string of the molecule is OCC1C[C@H]2CC[C@H]1C2. The van der Waals surface area contributed by atoms with E-state index >= 15 is 0 Å². The van der Waals surface area contributed by atoms with Crippen LogP contribution in [0.5, 0.6) is 0 Å². The van der Waals surface area contributed by atoms with Gasteiger partial charge in [0.25, 0.3) is 0 Å². The van der Waals surface area contributed by atoms with Crippen molar-refractivity contribution in [3.8, 4) is 0 Å². The molecule has 0 aromatic heterocycles. The Kier molecular flexibility index (Phi) is 1.26. The van der Waals surface area contributed by atoms with E-state index in [4.69, 9.17) is 5.11 Å². The van der Waals surface area contributed by atoms with Crippen molar-refractivity contribution in [3.05, 3.63) is 0 Å². The van der Waals surface area contributed by atoms with Gasteiger partial charge in [0.2, 0.25) is 0 Å². The van der Waals surface area contributed by atoms with Crippen LogP contribution in [-0.2, 0) is 0 Å². The quantitative estimate of drug-likeness (QED) is 0.563. The predicted molar refractivity (Wildman–Crippen MR) is 36.0 cm³/mol. The second-order valence-electron chi connectivity index (χ2n) is 3.62. The van der Waals surface area contributed by atoms with E-state index in [1.54, 1.807) is 0 Å². The minimum Gasteiger partial charge on any atom is -0.396 e. The number of hydrogen-bond acceptors (Lipinski definition) is 1. The van der Waals surface area contributed by atoms with Crippen molar-refractivity contribution >= 4 is 0 Å². The summed E-state index contributed by atoms with van der Waals surface area (Å²) in [7, 11) is 0. The predicted octanol–water partition coefficient (Wildman–Crippen LogP) is 1.41. The van der Waals surface area contributed by atoms with Crippen LogP contribution in [0, 0.1) is 17.8 Å². The maximum absolute atomic E-state index is 8.89. The monoisotopic (exact) mass is 126 g/mol. The molecule has 9 heavy (non-hydrogen) atoms. The zero-order chi connectivity index (χ0) is 6.27. The van der Waals surface area contributed by atoms with Crippen LogP contribution in [0.25, 0.3) is 0 Å². The lowest BCUT2D eigenvalue weighted by atomic mass is 9.90. The van der Waals surface area contributed by atoms with E-state index in [9.17, 15) is 0 Å². The normalized spacial score (nSPS) is 48.3. The smallest absolute Gasteiger partial charge is 0.0462 e. The first-order valence-corrected chi connectivity index (χ1v) is 4.01. The van der Waals surface area contributed by atoms with Crippen molar-refractivity contribution < 1.29 is 5.11 Å². The maximum atomic E-state index is 8.89. The third-order valence-electron chi connectivity index (χ3n) is 3.12. The first-order chi connectivity index (χ1) is 4.40. The molecule has 0 heterocycles. The molecule has 1 heteroatoms.